The van der Waals surface area contributed by atoms with Crippen LogP contribution in [0.5, 0.6) is 0 Å². The summed E-state index contributed by atoms with van der Waals surface area (Å²) < 4.78 is 5.64. The summed E-state index contributed by atoms with van der Waals surface area (Å²) in [6, 6.07) is 9.84. The number of nitrogens with zero attached hydrogens (tertiary/aromatic N) is 2. The molecule has 2 N–H and O–H groups in total. The van der Waals surface area contributed by atoms with Crippen molar-refractivity contribution in [3.05, 3.63) is 36.2 Å². The van der Waals surface area contributed by atoms with E-state index in [0.717, 1.165) is 24.3 Å². The summed E-state index contributed by atoms with van der Waals surface area (Å²) in [5.74, 6) is 1.81. The van der Waals surface area contributed by atoms with E-state index in [1.54, 1.807) is 0 Å². The molecule has 0 spiro atoms. The van der Waals surface area contributed by atoms with Gasteiger partial charge in [-0.05, 0) is 37.3 Å². The van der Waals surface area contributed by atoms with Crippen LogP contribution in [0.1, 0.15) is 44.9 Å². The first-order valence-electron chi connectivity index (χ1n) is 9.13. The highest BCUT2D eigenvalue weighted by molar-refractivity contribution is 5.74. The maximum absolute atomic E-state index is 12.0. The molecule has 2 aromatic rings. The van der Waals surface area contributed by atoms with Crippen LogP contribution in [0, 0.1) is 5.92 Å². The Hall–Kier alpha value is -2.37. The van der Waals surface area contributed by atoms with Crippen molar-refractivity contribution in [2.45, 2.75) is 51.5 Å². The van der Waals surface area contributed by atoms with Gasteiger partial charge in [0.2, 0.25) is 11.8 Å². The molecule has 2 amide bonds. The van der Waals surface area contributed by atoms with E-state index < -0.39 is 0 Å². The molecule has 0 radical (unpaired) electrons. The van der Waals surface area contributed by atoms with Gasteiger partial charge in [-0.3, -0.25) is 0 Å². The smallest absolute Gasteiger partial charge is 0.315 e. The number of carbonyl (C=O) groups excluding carboxylic acids is 1. The first-order valence-corrected chi connectivity index (χ1v) is 9.13. The van der Waals surface area contributed by atoms with Crippen LogP contribution in [-0.2, 0) is 6.42 Å². The highest BCUT2D eigenvalue weighted by Gasteiger charge is 2.17. The van der Waals surface area contributed by atoms with Gasteiger partial charge in [-0.2, -0.15) is 0 Å². The van der Waals surface area contributed by atoms with E-state index in [4.69, 9.17) is 4.42 Å². The molecule has 1 fully saturated rings. The summed E-state index contributed by atoms with van der Waals surface area (Å²) in [4.78, 5) is 12.0. The van der Waals surface area contributed by atoms with Crippen LogP contribution in [0.15, 0.2) is 34.7 Å². The van der Waals surface area contributed by atoms with E-state index in [0.29, 0.717) is 24.7 Å². The third kappa shape index (κ3) is 5.31. The van der Waals surface area contributed by atoms with Crippen molar-refractivity contribution >= 4 is 6.03 Å². The van der Waals surface area contributed by atoms with Gasteiger partial charge in [0, 0.05) is 24.6 Å². The van der Waals surface area contributed by atoms with Gasteiger partial charge in [0.1, 0.15) is 0 Å². The van der Waals surface area contributed by atoms with E-state index in [9.17, 15) is 4.79 Å². The molecule has 25 heavy (non-hydrogen) atoms. The molecule has 0 aliphatic heterocycles. The Kier molecular flexibility index (Phi) is 6.04. The van der Waals surface area contributed by atoms with E-state index >= 15 is 0 Å². The standard InChI is InChI=1S/C19H26N4O2/c1-14-6-5-9-16(11-10-14)21-19(24)20-13-12-17-22-23-18(25-17)15-7-3-2-4-8-15/h2-4,7-8,14,16H,5-6,9-13H2,1H3,(H2,20,21,24)/t14-,16-/m0/s1. The largest absolute Gasteiger partial charge is 0.421 e. The number of urea groups is 1. The quantitative estimate of drug-likeness (QED) is 0.814. The Morgan fingerprint density at radius 3 is 2.84 bits per heavy atom. The van der Waals surface area contributed by atoms with Gasteiger partial charge in [0.25, 0.3) is 0 Å². The lowest BCUT2D eigenvalue weighted by Gasteiger charge is -2.16. The molecule has 1 saturated carbocycles. The predicted octanol–water partition coefficient (Wildman–Crippen LogP) is 3.55. The molecule has 0 saturated heterocycles. The first kappa shape index (κ1) is 17.5. The SMILES string of the molecule is C[C@H]1CCC[C@H](NC(=O)NCCc2nnc(-c3ccccc3)o2)CC1. The summed E-state index contributed by atoms with van der Waals surface area (Å²) >= 11 is 0. The molecular weight excluding hydrogens is 316 g/mol. The lowest BCUT2D eigenvalue weighted by Crippen LogP contribution is -2.42. The van der Waals surface area contributed by atoms with Crippen molar-refractivity contribution in [2.75, 3.05) is 6.54 Å². The second-order valence-electron chi connectivity index (χ2n) is 6.83. The van der Waals surface area contributed by atoms with Crippen LogP contribution in [0.25, 0.3) is 11.5 Å². The average molecular weight is 342 g/mol. The molecule has 3 rings (SSSR count). The minimum atomic E-state index is -0.109. The van der Waals surface area contributed by atoms with Gasteiger partial charge in [0.15, 0.2) is 0 Å². The van der Waals surface area contributed by atoms with Gasteiger partial charge >= 0.3 is 6.03 Å². The van der Waals surface area contributed by atoms with Crippen LogP contribution in [0.3, 0.4) is 0 Å². The van der Waals surface area contributed by atoms with Crippen LogP contribution in [0.4, 0.5) is 4.79 Å². The Balaban J connectivity index is 1.41. The van der Waals surface area contributed by atoms with Crippen molar-refractivity contribution in [3.8, 4) is 11.5 Å². The third-order valence-electron chi connectivity index (χ3n) is 4.70. The molecule has 6 nitrogen and oxygen atoms in total. The van der Waals surface area contributed by atoms with Crippen molar-refractivity contribution in [2.24, 2.45) is 5.92 Å². The number of hydrogen-bond donors (Lipinski definition) is 2. The molecule has 2 atom stereocenters. The normalized spacial score (nSPS) is 20.7. The zero-order valence-corrected chi connectivity index (χ0v) is 14.7. The fourth-order valence-corrected chi connectivity index (χ4v) is 3.20. The van der Waals surface area contributed by atoms with Crippen LogP contribution >= 0.6 is 0 Å². The fraction of sp³-hybridized carbons (Fsp3) is 0.526. The van der Waals surface area contributed by atoms with Gasteiger partial charge in [-0.25, -0.2) is 4.79 Å². The zero-order valence-electron chi connectivity index (χ0n) is 14.7. The molecule has 1 aromatic heterocycles. The summed E-state index contributed by atoms with van der Waals surface area (Å²) in [5, 5.41) is 14.0. The number of amides is 2. The highest BCUT2D eigenvalue weighted by atomic mass is 16.4. The van der Waals surface area contributed by atoms with Crippen molar-refractivity contribution < 1.29 is 9.21 Å². The van der Waals surface area contributed by atoms with Crippen LogP contribution in [-0.4, -0.2) is 28.8 Å². The second-order valence-corrected chi connectivity index (χ2v) is 6.83. The van der Waals surface area contributed by atoms with Crippen LogP contribution in [0.2, 0.25) is 0 Å². The van der Waals surface area contributed by atoms with Crippen molar-refractivity contribution in [3.63, 3.8) is 0 Å². The molecule has 6 heteroatoms. The Bertz CT molecular complexity index is 671. The Morgan fingerprint density at radius 1 is 1.16 bits per heavy atom. The number of nitrogens with one attached hydrogen (secondary N) is 2. The lowest BCUT2D eigenvalue weighted by atomic mass is 10.0. The zero-order chi connectivity index (χ0) is 17.5. The van der Waals surface area contributed by atoms with Gasteiger partial charge in [-0.15, -0.1) is 10.2 Å². The van der Waals surface area contributed by atoms with Gasteiger partial charge in [0.05, 0.1) is 0 Å². The Labute approximate surface area is 148 Å². The molecule has 1 heterocycles. The second kappa shape index (κ2) is 8.65. The van der Waals surface area contributed by atoms with Gasteiger partial charge < -0.3 is 15.1 Å². The highest BCUT2D eigenvalue weighted by Crippen LogP contribution is 2.22. The van der Waals surface area contributed by atoms with Crippen molar-refractivity contribution in [1.82, 2.24) is 20.8 Å². The summed E-state index contributed by atoms with van der Waals surface area (Å²) in [6.07, 6.45) is 6.31. The molecule has 1 aliphatic rings. The van der Waals surface area contributed by atoms with Gasteiger partial charge in [-0.1, -0.05) is 38.0 Å². The number of hydrogen-bond acceptors (Lipinski definition) is 4. The molecule has 0 unspecified atom stereocenters. The molecule has 1 aliphatic carbocycles. The average Bonchev–Trinajstić information content (AvgIpc) is 3.00. The van der Waals surface area contributed by atoms with E-state index in [-0.39, 0.29) is 12.1 Å². The lowest BCUT2D eigenvalue weighted by molar-refractivity contribution is 0.235. The molecule has 1 aromatic carbocycles. The Morgan fingerprint density at radius 2 is 2.00 bits per heavy atom. The minimum Gasteiger partial charge on any atom is -0.421 e. The monoisotopic (exact) mass is 342 g/mol. The first-order chi connectivity index (χ1) is 12.2. The van der Waals surface area contributed by atoms with E-state index in [2.05, 4.69) is 27.8 Å². The summed E-state index contributed by atoms with van der Waals surface area (Å²) in [5.41, 5.74) is 0.898. The molecule has 134 valence electrons. The number of rotatable bonds is 5. The summed E-state index contributed by atoms with van der Waals surface area (Å²) in [6.45, 7) is 2.77. The van der Waals surface area contributed by atoms with E-state index in [1.807, 2.05) is 30.3 Å². The van der Waals surface area contributed by atoms with Crippen LogP contribution < -0.4 is 10.6 Å². The predicted molar refractivity (Wildman–Crippen MR) is 96.0 cm³/mol. The van der Waals surface area contributed by atoms with Crippen molar-refractivity contribution in [1.29, 1.82) is 0 Å². The number of benzene rings is 1. The molecular formula is C19H26N4O2. The third-order valence-corrected chi connectivity index (χ3v) is 4.70. The minimum absolute atomic E-state index is 0.109. The fourth-order valence-electron chi connectivity index (χ4n) is 3.20. The van der Waals surface area contributed by atoms with E-state index in [1.165, 1.54) is 19.3 Å². The maximum Gasteiger partial charge on any atom is 0.315 e. The molecule has 0 bridgehead atoms. The topological polar surface area (TPSA) is 80.0 Å². The number of carbonyl (C=O) groups is 1. The number of aromatic nitrogens is 2. The maximum atomic E-state index is 12.0. The summed E-state index contributed by atoms with van der Waals surface area (Å²) in [7, 11) is 0.